The topological polar surface area (TPSA) is 108 Å². The second-order valence-electron chi connectivity index (χ2n) is 26.3. The fourth-order valence-corrected chi connectivity index (χ4v) is 11.9. The number of allylic oxidation sites excluding steroid dienone is 8. The molecule has 8 nitrogen and oxygen atoms in total. The molecule has 3 unspecified atom stereocenters. The third kappa shape index (κ3) is 67.8. The van der Waals surface area contributed by atoms with Gasteiger partial charge in [0.1, 0.15) is 13.2 Å². The van der Waals surface area contributed by atoms with E-state index in [1.165, 1.54) is 276 Å². The van der Waals surface area contributed by atoms with E-state index in [2.05, 4.69) is 67.8 Å². The standard InChI is InChI=1S/C74H143N2O6P/c1-6-8-10-12-14-16-18-20-22-24-26-28-30-31-32-33-34-35-36-37-38-39-40-41-42-43-44-45-46-48-50-52-54-56-58-60-62-64-66-68-74(78)75-72(71-82-83(79,80)81-70-69-76(3,4)5)73(77)67-65-63-61-59-57-55-53-51-49-47-29-27-25-23-21-19-17-15-13-11-9-7-2/h8,10,14,16,20,22,26,28,72-73,77H,6-7,9,11-13,15,17-19,21,23-25,27,29-71H2,1-5H3,(H-,75,78,79,80)/b10-8-,16-14-,22-20-,28-26-. The molecule has 0 heterocycles. The van der Waals surface area contributed by atoms with Crippen LogP contribution in [-0.2, 0) is 18.4 Å². The van der Waals surface area contributed by atoms with Gasteiger partial charge in [0.05, 0.1) is 39.9 Å². The lowest BCUT2D eigenvalue weighted by Crippen LogP contribution is -2.46. The molecule has 0 spiro atoms. The first-order chi connectivity index (χ1) is 40.5. The normalized spacial score (nSPS) is 13.9. The van der Waals surface area contributed by atoms with Gasteiger partial charge in [0, 0.05) is 6.42 Å². The van der Waals surface area contributed by atoms with Crippen LogP contribution in [0.25, 0.3) is 0 Å². The van der Waals surface area contributed by atoms with Crippen LogP contribution in [0, 0.1) is 0 Å². The molecular formula is C74H143N2O6P. The Morgan fingerprint density at radius 3 is 1.07 bits per heavy atom. The summed E-state index contributed by atoms with van der Waals surface area (Å²) in [5, 5.41) is 14.1. The Kier molecular flexibility index (Phi) is 63.7. The molecule has 0 bridgehead atoms. The van der Waals surface area contributed by atoms with Gasteiger partial charge in [-0.05, 0) is 51.4 Å². The highest BCUT2D eigenvalue weighted by Crippen LogP contribution is 2.38. The van der Waals surface area contributed by atoms with Crippen molar-refractivity contribution in [3.05, 3.63) is 48.6 Å². The number of carbonyl (C=O) groups is 1. The number of amides is 1. The molecule has 0 radical (unpaired) electrons. The van der Waals surface area contributed by atoms with Crippen LogP contribution in [0.15, 0.2) is 48.6 Å². The molecule has 0 aliphatic heterocycles. The minimum absolute atomic E-state index is 0.0147. The average molecular weight is 1190 g/mol. The highest BCUT2D eigenvalue weighted by Gasteiger charge is 2.24. The number of carbonyl (C=O) groups excluding carboxylic acids is 1. The summed E-state index contributed by atoms with van der Waals surface area (Å²) >= 11 is 0. The molecule has 0 fully saturated rings. The molecule has 3 atom stereocenters. The van der Waals surface area contributed by atoms with Crippen LogP contribution in [-0.4, -0.2) is 68.5 Å². The molecule has 2 N–H and O–H groups in total. The van der Waals surface area contributed by atoms with Gasteiger partial charge in [-0.3, -0.25) is 9.36 Å². The smallest absolute Gasteiger partial charge is 0.268 e. The van der Waals surface area contributed by atoms with E-state index in [0.29, 0.717) is 23.9 Å². The molecule has 0 aromatic heterocycles. The molecule has 0 aromatic carbocycles. The van der Waals surface area contributed by atoms with Crippen molar-refractivity contribution >= 4 is 13.7 Å². The van der Waals surface area contributed by atoms with Gasteiger partial charge in [-0.2, -0.15) is 0 Å². The van der Waals surface area contributed by atoms with Crippen LogP contribution in [0.3, 0.4) is 0 Å². The van der Waals surface area contributed by atoms with Gasteiger partial charge < -0.3 is 28.8 Å². The number of nitrogens with one attached hydrogen (secondary N) is 1. The zero-order valence-electron chi connectivity index (χ0n) is 56.2. The second kappa shape index (κ2) is 64.9. The Labute approximate surface area is 518 Å². The zero-order chi connectivity index (χ0) is 60.5. The van der Waals surface area contributed by atoms with Crippen LogP contribution in [0.5, 0.6) is 0 Å². The van der Waals surface area contributed by atoms with Crippen LogP contribution in [0.4, 0.5) is 0 Å². The molecule has 490 valence electrons. The summed E-state index contributed by atoms with van der Waals surface area (Å²) in [5.74, 6) is -0.156. The summed E-state index contributed by atoms with van der Waals surface area (Å²) in [6, 6.07) is -0.800. The fourth-order valence-electron chi connectivity index (χ4n) is 11.2. The Morgan fingerprint density at radius 1 is 0.434 bits per heavy atom. The molecular weight excluding hydrogens is 1040 g/mol. The number of aliphatic hydroxyl groups is 1. The van der Waals surface area contributed by atoms with Crippen LogP contribution in [0.1, 0.15) is 367 Å². The van der Waals surface area contributed by atoms with E-state index in [0.717, 1.165) is 64.2 Å². The Balaban J connectivity index is 3.90. The lowest BCUT2D eigenvalue weighted by molar-refractivity contribution is -0.870. The van der Waals surface area contributed by atoms with Crippen molar-refractivity contribution < 1.29 is 32.9 Å². The highest BCUT2D eigenvalue weighted by molar-refractivity contribution is 7.45. The van der Waals surface area contributed by atoms with Crippen molar-refractivity contribution in [3.63, 3.8) is 0 Å². The SMILES string of the molecule is CC/C=C\C/C=C\C/C=C\C/C=C\CCCCCCCCCCCCCCCCCCCCCCCCCCCCC(=O)NC(COP(=O)([O-])OCC[N+](C)(C)C)C(O)CCCCCCCCCCCCCCCCCCCCCCCC. The third-order valence-corrected chi connectivity index (χ3v) is 17.8. The van der Waals surface area contributed by atoms with Crippen molar-refractivity contribution in [2.24, 2.45) is 0 Å². The zero-order valence-corrected chi connectivity index (χ0v) is 57.1. The van der Waals surface area contributed by atoms with Crippen molar-refractivity contribution in [3.8, 4) is 0 Å². The minimum atomic E-state index is -4.58. The Morgan fingerprint density at radius 2 is 0.735 bits per heavy atom. The van der Waals surface area contributed by atoms with Gasteiger partial charge in [-0.25, -0.2) is 0 Å². The van der Waals surface area contributed by atoms with E-state index in [1.807, 2.05) is 21.1 Å². The van der Waals surface area contributed by atoms with E-state index in [-0.39, 0.29) is 19.1 Å². The van der Waals surface area contributed by atoms with Gasteiger partial charge in [0.25, 0.3) is 7.82 Å². The number of hydrogen-bond acceptors (Lipinski definition) is 6. The number of nitrogens with zero attached hydrogens (tertiary/aromatic N) is 1. The fraction of sp³-hybridized carbons (Fsp3) is 0.878. The van der Waals surface area contributed by atoms with Crippen LogP contribution < -0.4 is 10.2 Å². The molecule has 0 aliphatic carbocycles. The maximum atomic E-state index is 13.1. The van der Waals surface area contributed by atoms with E-state index in [4.69, 9.17) is 9.05 Å². The summed E-state index contributed by atoms with van der Waals surface area (Å²) in [5.41, 5.74) is 0. The maximum Gasteiger partial charge on any atom is 0.268 e. The molecule has 0 aromatic rings. The average Bonchev–Trinajstić information content (AvgIpc) is 3.50. The van der Waals surface area contributed by atoms with Crippen LogP contribution in [0.2, 0.25) is 0 Å². The highest BCUT2D eigenvalue weighted by atomic mass is 31.2. The van der Waals surface area contributed by atoms with E-state index >= 15 is 0 Å². The molecule has 0 aliphatic rings. The molecule has 0 saturated heterocycles. The van der Waals surface area contributed by atoms with Gasteiger partial charge in [-0.1, -0.05) is 358 Å². The molecule has 0 rings (SSSR count). The number of aliphatic hydroxyl groups excluding tert-OH is 1. The second-order valence-corrected chi connectivity index (χ2v) is 27.7. The van der Waals surface area contributed by atoms with E-state index < -0.39 is 20.0 Å². The first-order valence-corrected chi connectivity index (χ1v) is 37.9. The van der Waals surface area contributed by atoms with Crippen molar-refractivity contribution in [1.82, 2.24) is 5.32 Å². The number of unbranched alkanes of at least 4 members (excludes halogenated alkanes) is 47. The number of hydrogen-bond donors (Lipinski definition) is 2. The summed E-state index contributed by atoms with van der Waals surface area (Å²) in [6.45, 7) is 4.67. The summed E-state index contributed by atoms with van der Waals surface area (Å²) in [7, 11) is 1.32. The lowest BCUT2D eigenvalue weighted by atomic mass is 10.0. The maximum absolute atomic E-state index is 13.1. The Bertz CT molecular complexity index is 1490. The van der Waals surface area contributed by atoms with Crippen molar-refractivity contribution in [1.29, 1.82) is 0 Å². The lowest BCUT2D eigenvalue weighted by Gasteiger charge is -2.30. The van der Waals surface area contributed by atoms with Gasteiger partial charge in [-0.15, -0.1) is 0 Å². The summed E-state index contributed by atoms with van der Waals surface area (Å²) in [4.78, 5) is 25.7. The molecule has 83 heavy (non-hydrogen) atoms. The van der Waals surface area contributed by atoms with Gasteiger partial charge in [0.15, 0.2) is 0 Å². The molecule has 1 amide bonds. The minimum Gasteiger partial charge on any atom is -0.756 e. The van der Waals surface area contributed by atoms with Crippen LogP contribution >= 0.6 is 7.82 Å². The number of quaternary nitrogens is 1. The summed E-state index contributed by atoms with van der Waals surface area (Å²) < 4.78 is 23.5. The molecule has 0 saturated carbocycles. The predicted octanol–water partition coefficient (Wildman–Crippen LogP) is 22.8. The number of likely N-dealkylation sites (N-methyl/N-ethyl adjacent to an activating group) is 1. The summed E-state index contributed by atoms with van der Waals surface area (Å²) in [6.07, 6.45) is 87.8. The number of rotatable bonds is 68. The van der Waals surface area contributed by atoms with E-state index in [9.17, 15) is 19.4 Å². The third-order valence-electron chi connectivity index (χ3n) is 16.8. The number of phosphoric acid groups is 1. The number of phosphoric ester groups is 1. The van der Waals surface area contributed by atoms with Crippen molar-refractivity contribution in [2.45, 2.75) is 379 Å². The van der Waals surface area contributed by atoms with Gasteiger partial charge >= 0.3 is 0 Å². The van der Waals surface area contributed by atoms with E-state index in [1.54, 1.807) is 0 Å². The monoisotopic (exact) mass is 1190 g/mol. The first-order valence-electron chi connectivity index (χ1n) is 36.5. The quantitative estimate of drug-likeness (QED) is 0.0272. The van der Waals surface area contributed by atoms with Crippen molar-refractivity contribution in [2.75, 3.05) is 40.9 Å². The molecule has 9 heteroatoms. The predicted molar refractivity (Wildman–Crippen MR) is 362 cm³/mol. The van der Waals surface area contributed by atoms with Gasteiger partial charge in [0.2, 0.25) is 5.91 Å². The largest absolute Gasteiger partial charge is 0.756 e. The first kappa shape index (κ1) is 81.5. The Hall–Kier alpha value is -1.54.